The lowest BCUT2D eigenvalue weighted by atomic mass is 10.2. The maximum Gasteiger partial charge on any atom is 0.307 e. The van der Waals surface area contributed by atoms with Gasteiger partial charge in [-0.1, -0.05) is 29.0 Å². The van der Waals surface area contributed by atoms with Gasteiger partial charge in [0.2, 0.25) is 0 Å². The summed E-state index contributed by atoms with van der Waals surface area (Å²) >= 11 is 1.16. The van der Waals surface area contributed by atoms with Crippen molar-refractivity contribution in [3.05, 3.63) is 56.9 Å². The van der Waals surface area contributed by atoms with E-state index in [9.17, 15) is 4.79 Å². The van der Waals surface area contributed by atoms with Crippen LogP contribution in [-0.4, -0.2) is 24.8 Å². The van der Waals surface area contributed by atoms with E-state index >= 15 is 0 Å². The van der Waals surface area contributed by atoms with Crippen molar-refractivity contribution in [1.82, 2.24) is 24.8 Å². The van der Waals surface area contributed by atoms with E-state index in [-0.39, 0.29) is 4.87 Å². The van der Waals surface area contributed by atoms with E-state index in [2.05, 4.69) is 15.5 Å². The van der Waals surface area contributed by atoms with Crippen molar-refractivity contribution >= 4 is 11.3 Å². The van der Waals surface area contributed by atoms with Gasteiger partial charge in [-0.05, 0) is 29.5 Å². The molecule has 7 heteroatoms. The summed E-state index contributed by atoms with van der Waals surface area (Å²) in [5.41, 5.74) is 2.06. The molecule has 0 aliphatic heterocycles. The normalized spacial score (nSPS) is 10.8. The summed E-state index contributed by atoms with van der Waals surface area (Å²) in [6, 6.07) is 7.90. The molecule has 6 nitrogen and oxygen atoms in total. The fourth-order valence-corrected chi connectivity index (χ4v) is 2.34. The summed E-state index contributed by atoms with van der Waals surface area (Å²) in [6.07, 6.45) is 1.74. The quantitative estimate of drug-likeness (QED) is 0.720. The Morgan fingerprint density at radius 1 is 1.26 bits per heavy atom. The molecule has 0 amide bonds. The van der Waals surface area contributed by atoms with Crippen LogP contribution in [0.4, 0.5) is 0 Å². The predicted molar refractivity (Wildman–Crippen MR) is 71.6 cm³/mol. The largest absolute Gasteiger partial charge is 0.307 e. The number of hydrogen-bond acceptors (Lipinski definition) is 5. The minimum absolute atomic E-state index is 0.0153. The standard InChI is InChI=1S/C12H11N5OS/c1-9-2-4-10(5-3-9)17-11(13-14-15-17)8-16-6-7-19-12(16)18/h2-7H,8H2,1H3. The van der Waals surface area contributed by atoms with Gasteiger partial charge < -0.3 is 0 Å². The molecule has 0 radical (unpaired) electrons. The zero-order valence-corrected chi connectivity index (χ0v) is 11.0. The van der Waals surface area contributed by atoms with Gasteiger partial charge in [0.05, 0.1) is 12.2 Å². The highest BCUT2D eigenvalue weighted by molar-refractivity contribution is 7.07. The molecule has 0 aliphatic rings. The Morgan fingerprint density at radius 3 is 2.74 bits per heavy atom. The van der Waals surface area contributed by atoms with E-state index < -0.39 is 0 Å². The Morgan fingerprint density at radius 2 is 2.05 bits per heavy atom. The SMILES string of the molecule is Cc1ccc(-n2nnnc2Cn2ccsc2=O)cc1. The second-order valence-corrected chi connectivity index (χ2v) is 5.00. The Kier molecular flexibility index (Phi) is 2.96. The van der Waals surface area contributed by atoms with Gasteiger partial charge in [-0.25, -0.2) is 0 Å². The molecule has 0 atom stereocenters. The minimum Gasteiger partial charge on any atom is -0.298 e. The van der Waals surface area contributed by atoms with Crippen LogP contribution in [0.1, 0.15) is 11.4 Å². The third-order valence-electron chi connectivity index (χ3n) is 2.77. The maximum absolute atomic E-state index is 11.5. The molecule has 0 unspecified atom stereocenters. The first-order valence-electron chi connectivity index (χ1n) is 5.72. The zero-order valence-electron chi connectivity index (χ0n) is 10.2. The molecule has 0 fully saturated rings. The fourth-order valence-electron chi connectivity index (χ4n) is 1.75. The lowest BCUT2D eigenvalue weighted by Gasteiger charge is -2.05. The van der Waals surface area contributed by atoms with Crippen LogP contribution in [0.5, 0.6) is 0 Å². The van der Waals surface area contributed by atoms with Crippen LogP contribution in [0.15, 0.2) is 40.6 Å². The van der Waals surface area contributed by atoms with Gasteiger partial charge in [0.25, 0.3) is 0 Å². The molecule has 19 heavy (non-hydrogen) atoms. The molecule has 1 aromatic carbocycles. The monoisotopic (exact) mass is 273 g/mol. The van der Waals surface area contributed by atoms with Crippen LogP contribution in [-0.2, 0) is 6.54 Å². The molecule has 2 aromatic heterocycles. The first kappa shape index (κ1) is 11.8. The van der Waals surface area contributed by atoms with Gasteiger partial charge in [-0.2, -0.15) is 4.68 Å². The van der Waals surface area contributed by atoms with Crippen LogP contribution < -0.4 is 4.87 Å². The summed E-state index contributed by atoms with van der Waals surface area (Å²) in [5, 5.41) is 13.4. The average Bonchev–Trinajstić information content (AvgIpc) is 3.01. The second-order valence-electron chi connectivity index (χ2n) is 4.14. The Bertz CT molecular complexity index is 740. The van der Waals surface area contributed by atoms with Crippen molar-refractivity contribution in [3.8, 4) is 5.69 Å². The lowest BCUT2D eigenvalue weighted by Crippen LogP contribution is -2.16. The van der Waals surface area contributed by atoms with Crippen molar-refractivity contribution in [3.63, 3.8) is 0 Å². The Balaban J connectivity index is 1.97. The highest BCUT2D eigenvalue weighted by Crippen LogP contribution is 2.10. The first-order chi connectivity index (χ1) is 9.24. The van der Waals surface area contributed by atoms with Gasteiger partial charge in [0.1, 0.15) is 0 Å². The number of nitrogens with zero attached hydrogens (tertiary/aromatic N) is 5. The summed E-state index contributed by atoms with van der Waals surface area (Å²) < 4.78 is 3.23. The van der Waals surface area contributed by atoms with Crippen molar-refractivity contribution in [2.24, 2.45) is 0 Å². The molecular formula is C12H11N5OS. The molecule has 0 N–H and O–H groups in total. The average molecular weight is 273 g/mol. The molecule has 96 valence electrons. The number of benzene rings is 1. The van der Waals surface area contributed by atoms with E-state index in [1.807, 2.05) is 31.2 Å². The third kappa shape index (κ3) is 2.32. The zero-order chi connectivity index (χ0) is 13.2. The molecular weight excluding hydrogens is 262 g/mol. The number of hydrogen-bond donors (Lipinski definition) is 0. The second kappa shape index (κ2) is 4.77. The van der Waals surface area contributed by atoms with Crippen LogP contribution >= 0.6 is 11.3 Å². The lowest BCUT2D eigenvalue weighted by molar-refractivity contribution is 0.693. The Hall–Kier alpha value is -2.28. The summed E-state index contributed by atoms with van der Waals surface area (Å²) in [5.74, 6) is 0.629. The van der Waals surface area contributed by atoms with Gasteiger partial charge in [-0.15, -0.1) is 5.10 Å². The smallest absolute Gasteiger partial charge is 0.298 e. The molecule has 0 bridgehead atoms. The summed E-state index contributed by atoms with van der Waals surface area (Å²) in [4.78, 5) is 11.5. The van der Waals surface area contributed by atoms with Crippen molar-refractivity contribution in [2.45, 2.75) is 13.5 Å². The van der Waals surface area contributed by atoms with Gasteiger partial charge in [0, 0.05) is 11.6 Å². The summed E-state index contributed by atoms with van der Waals surface area (Å²) in [6.45, 7) is 2.39. The van der Waals surface area contributed by atoms with Crippen LogP contribution in [0.25, 0.3) is 5.69 Å². The maximum atomic E-state index is 11.5. The number of aryl methyl sites for hydroxylation is 1. The van der Waals surface area contributed by atoms with E-state index in [4.69, 9.17) is 0 Å². The number of rotatable bonds is 3. The first-order valence-corrected chi connectivity index (χ1v) is 6.60. The van der Waals surface area contributed by atoms with Gasteiger partial charge in [0.15, 0.2) is 5.82 Å². The number of thiazole rings is 1. The van der Waals surface area contributed by atoms with Crippen molar-refractivity contribution in [1.29, 1.82) is 0 Å². The highest BCUT2D eigenvalue weighted by atomic mass is 32.1. The minimum atomic E-state index is -0.0153. The fraction of sp³-hybridized carbons (Fsp3) is 0.167. The Labute approximate surface area is 112 Å². The molecule has 0 saturated heterocycles. The molecule has 2 heterocycles. The molecule has 0 spiro atoms. The van der Waals surface area contributed by atoms with E-state index in [1.165, 1.54) is 5.56 Å². The molecule has 0 saturated carbocycles. The van der Waals surface area contributed by atoms with Crippen molar-refractivity contribution < 1.29 is 0 Å². The van der Waals surface area contributed by atoms with Gasteiger partial charge >= 0.3 is 4.87 Å². The molecule has 0 aliphatic carbocycles. The number of aromatic nitrogens is 5. The van der Waals surface area contributed by atoms with Crippen LogP contribution in [0.2, 0.25) is 0 Å². The molecule has 3 aromatic rings. The topological polar surface area (TPSA) is 65.6 Å². The van der Waals surface area contributed by atoms with Crippen LogP contribution in [0, 0.1) is 6.92 Å². The number of tetrazole rings is 1. The van der Waals surface area contributed by atoms with Crippen LogP contribution in [0.3, 0.4) is 0 Å². The van der Waals surface area contributed by atoms with Crippen molar-refractivity contribution in [2.75, 3.05) is 0 Å². The van der Waals surface area contributed by atoms with Gasteiger partial charge in [-0.3, -0.25) is 9.36 Å². The summed E-state index contributed by atoms with van der Waals surface area (Å²) in [7, 11) is 0. The van der Waals surface area contributed by atoms with E-state index in [0.717, 1.165) is 17.0 Å². The van der Waals surface area contributed by atoms with E-state index in [0.29, 0.717) is 12.4 Å². The highest BCUT2D eigenvalue weighted by Gasteiger charge is 2.09. The van der Waals surface area contributed by atoms with E-state index in [1.54, 1.807) is 20.8 Å². The molecule has 3 rings (SSSR count). The third-order valence-corrected chi connectivity index (χ3v) is 3.46. The predicted octanol–water partition coefficient (Wildman–Crippen LogP) is 1.24.